The number of rotatable bonds is 5. The Morgan fingerprint density at radius 2 is 1.25 bits per heavy atom. The molecule has 0 bridgehead atoms. The summed E-state index contributed by atoms with van der Waals surface area (Å²) in [6.07, 6.45) is -5.51. The molecule has 0 aliphatic heterocycles. The molecule has 4 heterocycles. The number of aromatic nitrogens is 5. The number of hydrogen-bond acceptors (Lipinski definition) is 10. The zero-order chi connectivity index (χ0) is 39.2. The minimum Gasteiger partial charge on any atom is -0.408 e. The van der Waals surface area contributed by atoms with Crippen molar-refractivity contribution in [1.29, 1.82) is 0 Å². The molecular weight excluding hydrogens is 757 g/mol. The number of pyridine rings is 2. The van der Waals surface area contributed by atoms with E-state index in [0.717, 1.165) is 16.7 Å². The van der Waals surface area contributed by atoms with Gasteiger partial charge in [-0.15, -0.1) is 23.5 Å². The number of halogens is 8. The summed E-state index contributed by atoms with van der Waals surface area (Å²) in [5, 5.41) is 0.616. The number of aryl methyl sites for hydroxylation is 4. The third kappa shape index (κ3) is 11.0. The van der Waals surface area contributed by atoms with Gasteiger partial charge in [-0.2, -0.15) is 31.3 Å². The van der Waals surface area contributed by atoms with Crippen LogP contribution in [-0.4, -0.2) is 48.4 Å². The molecule has 0 amide bonds. The van der Waals surface area contributed by atoms with Gasteiger partial charge in [0.2, 0.25) is 0 Å². The Balaban J connectivity index is 0.000000196. The van der Waals surface area contributed by atoms with E-state index in [2.05, 4.69) is 19.9 Å². The predicted octanol–water partition coefficient (Wildman–Crippen LogP) is 8.45. The summed E-state index contributed by atoms with van der Waals surface area (Å²) in [6.45, 7) is 6.19. The molecule has 4 aromatic heterocycles. The fourth-order valence-electron chi connectivity index (χ4n) is 4.53. The molecular formula is C34H28F8N6O3S2. The van der Waals surface area contributed by atoms with Crippen LogP contribution in [0.15, 0.2) is 84.7 Å². The number of fused-ring (bicyclic) bond motifs is 2. The minimum atomic E-state index is -4.35. The average Bonchev–Trinajstić information content (AvgIpc) is 3.06. The smallest absolute Gasteiger partial charge is 0.398 e. The Labute approximate surface area is 303 Å². The van der Waals surface area contributed by atoms with Crippen LogP contribution in [0.1, 0.15) is 22.8 Å². The second kappa shape index (κ2) is 16.7. The van der Waals surface area contributed by atoms with E-state index in [0.29, 0.717) is 56.5 Å². The monoisotopic (exact) mass is 784 g/mol. The van der Waals surface area contributed by atoms with Crippen molar-refractivity contribution in [2.75, 3.05) is 17.2 Å². The number of alkyl halides is 6. The number of anilines is 1. The standard InChI is InChI=1S/C17H13F4N3OS.C9H9F4NS.C8H6N2O2/c1-9-6-12(18)13(7-14(9)26-8-17(19,20)21)24-10(2)23-15-11(16(24)25)4-3-5-22-15;1-5-2-6(10)7(14)3-8(5)15-4-9(11,12)13;1-5-10-7-6(8(11)12-5)3-2-4-9-7/h3-7H,8H2,1-2H3;2-3H,4,14H2,1H3;2-4H,1H3. The molecule has 6 rings (SSSR count). The van der Waals surface area contributed by atoms with E-state index in [1.807, 2.05) is 0 Å². The second-order valence-corrected chi connectivity index (χ2v) is 13.1. The molecule has 6 aromatic rings. The molecule has 53 heavy (non-hydrogen) atoms. The first-order chi connectivity index (χ1) is 24.7. The van der Waals surface area contributed by atoms with E-state index in [9.17, 15) is 44.7 Å². The van der Waals surface area contributed by atoms with Gasteiger partial charge in [0.15, 0.2) is 17.2 Å². The van der Waals surface area contributed by atoms with E-state index in [4.69, 9.17) is 10.2 Å². The van der Waals surface area contributed by atoms with Crippen molar-refractivity contribution in [3.63, 3.8) is 0 Å². The molecule has 0 atom stereocenters. The van der Waals surface area contributed by atoms with Crippen molar-refractivity contribution in [3.05, 3.63) is 116 Å². The molecule has 0 unspecified atom stereocenters. The van der Waals surface area contributed by atoms with Crippen molar-refractivity contribution in [1.82, 2.24) is 24.5 Å². The largest absolute Gasteiger partial charge is 0.408 e. The van der Waals surface area contributed by atoms with Gasteiger partial charge in [-0.3, -0.25) is 9.36 Å². The summed E-state index contributed by atoms with van der Waals surface area (Å²) in [4.78, 5) is 40.6. The number of thioether (sulfide) groups is 2. The molecule has 19 heteroatoms. The van der Waals surface area contributed by atoms with Gasteiger partial charge in [0.1, 0.15) is 22.8 Å². The first kappa shape index (κ1) is 40.7. The van der Waals surface area contributed by atoms with Gasteiger partial charge in [0.05, 0.1) is 28.3 Å². The lowest BCUT2D eigenvalue weighted by molar-refractivity contribution is -0.106. The molecule has 0 saturated heterocycles. The van der Waals surface area contributed by atoms with Crippen LogP contribution in [0.5, 0.6) is 0 Å². The molecule has 0 saturated carbocycles. The van der Waals surface area contributed by atoms with Crippen LogP contribution < -0.4 is 16.9 Å². The van der Waals surface area contributed by atoms with Crippen molar-refractivity contribution < 1.29 is 39.5 Å². The number of nitrogens with zero attached hydrogens (tertiary/aromatic N) is 5. The molecule has 2 N–H and O–H groups in total. The summed E-state index contributed by atoms with van der Waals surface area (Å²) in [6, 6.07) is 11.1. The fraction of sp³-hybridized carbons (Fsp3) is 0.235. The lowest BCUT2D eigenvalue weighted by Crippen LogP contribution is -2.23. The van der Waals surface area contributed by atoms with Gasteiger partial charge in [-0.1, -0.05) is 0 Å². The lowest BCUT2D eigenvalue weighted by Gasteiger charge is -2.15. The van der Waals surface area contributed by atoms with E-state index in [1.165, 1.54) is 38.2 Å². The second-order valence-electron chi connectivity index (χ2n) is 11.1. The highest BCUT2D eigenvalue weighted by Crippen LogP contribution is 2.33. The van der Waals surface area contributed by atoms with Crippen molar-refractivity contribution in [2.45, 2.75) is 49.8 Å². The molecule has 0 radical (unpaired) electrons. The zero-order valence-corrected chi connectivity index (χ0v) is 29.7. The Morgan fingerprint density at radius 3 is 1.81 bits per heavy atom. The Bertz CT molecular complexity index is 2380. The minimum absolute atomic E-state index is 0.134. The molecule has 280 valence electrons. The zero-order valence-electron chi connectivity index (χ0n) is 28.1. The Hall–Kier alpha value is -5.04. The summed E-state index contributed by atoms with van der Waals surface area (Å²) < 4.78 is 107. The third-order valence-electron chi connectivity index (χ3n) is 6.88. The maximum atomic E-state index is 14.5. The molecule has 2 aromatic carbocycles. The summed E-state index contributed by atoms with van der Waals surface area (Å²) in [7, 11) is 0. The summed E-state index contributed by atoms with van der Waals surface area (Å²) in [5.41, 5.74) is 5.55. The third-order valence-corrected chi connectivity index (χ3v) is 9.33. The van der Waals surface area contributed by atoms with Crippen molar-refractivity contribution >= 4 is 51.3 Å². The van der Waals surface area contributed by atoms with Crippen LogP contribution in [0.2, 0.25) is 0 Å². The van der Waals surface area contributed by atoms with Gasteiger partial charge in [0.25, 0.3) is 5.56 Å². The number of hydrogen-bond donors (Lipinski definition) is 1. The quantitative estimate of drug-likeness (QED) is 0.103. The highest BCUT2D eigenvalue weighted by atomic mass is 32.2. The molecule has 0 aliphatic rings. The fourth-order valence-corrected chi connectivity index (χ4v) is 6.14. The normalized spacial score (nSPS) is 11.5. The number of nitrogen functional groups attached to an aromatic ring is 1. The van der Waals surface area contributed by atoms with Crippen LogP contribution in [0.25, 0.3) is 27.8 Å². The SMILES string of the molecule is Cc1cc(F)c(-n2c(C)nc3ncccc3c2=O)cc1SCC(F)(F)F.Cc1cc(F)c(N)cc1SCC(F)(F)F.Cc1nc2ncccc2c(=O)o1. The van der Waals surface area contributed by atoms with Gasteiger partial charge in [0, 0.05) is 29.1 Å². The molecule has 0 spiro atoms. The summed E-state index contributed by atoms with van der Waals surface area (Å²) in [5.74, 6) is -2.90. The van der Waals surface area contributed by atoms with E-state index < -0.39 is 41.1 Å². The van der Waals surface area contributed by atoms with Gasteiger partial charge < -0.3 is 10.2 Å². The van der Waals surface area contributed by atoms with E-state index in [-0.39, 0.29) is 38.8 Å². The maximum Gasteiger partial charge on any atom is 0.398 e. The molecule has 9 nitrogen and oxygen atoms in total. The van der Waals surface area contributed by atoms with Gasteiger partial charge in [-0.05, 0) is 80.4 Å². The van der Waals surface area contributed by atoms with E-state index in [1.54, 1.807) is 38.2 Å². The highest BCUT2D eigenvalue weighted by Gasteiger charge is 2.29. The molecule has 0 fully saturated rings. The van der Waals surface area contributed by atoms with E-state index >= 15 is 0 Å². The Kier molecular flexibility index (Phi) is 12.9. The van der Waals surface area contributed by atoms with Crippen molar-refractivity contribution in [3.8, 4) is 5.69 Å². The van der Waals surface area contributed by atoms with Crippen LogP contribution >= 0.6 is 23.5 Å². The molecule has 0 aliphatic carbocycles. The van der Waals surface area contributed by atoms with Crippen LogP contribution in [0, 0.1) is 39.3 Å². The first-order valence-corrected chi connectivity index (χ1v) is 17.0. The Morgan fingerprint density at radius 1 is 0.736 bits per heavy atom. The number of nitrogens with two attached hydrogens (primary N) is 1. The summed E-state index contributed by atoms with van der Waals surface area (Å²) >= 11 is 1.15. The highest BCUT2D eigenvalue weighted by molar-refractivity contribution is 7.99. The van der Waals surface area contributed by atoms with Crippen LogP contribution in [0.4, 0.5) is 40.8 Å². The topological polar surface area (TPSA) is 130 Å². The van der Waals surface area contributed by atoms with Crippen LogP contribution in [0.3, 0.4) is 0 Å². The first-order valence-electron chi connectivity index (χ1n) is 15.1. The van der Waals surface area contributed by atoms with Crippen LogP contribution in [-0.2, 0) is 0 Å². The predicted molar refractivity (Wildman–Crippen MR) is 186 cm³/mol. The lowest BCUT2D eigenvalue weighted by atomic mass is 10.2. The van der Waals surface area contributed by atoms with Crippen molar-refractivity contribution in [2.24, 2.45) is 0 Å². The van der Waals surface area contributed by atoms with Gasteiger partial charge >= 0.3 is 18.0 Å². The number of benzene rings is 2. The average molecular weight is 785 g/mol. The maximum absolute atomic E-state index is 14.5. The van der Waals surface area contributed by atoms with Gasteiger partial charge in [-0.25, -0.2) is 28.5 Å².